The van der Waals surface area contributed by atoms with Crippen LogP contribution < -0.4 is 0 Å². The van der Waals surface area contributed by atoms with Gasteiger partial charge in [-0.3, -0.25) is 0 Å². The number of benzene rings is 1. The molecule has 0 amide bonds. The summed E-state index contributed by atoms with van der Waals surface area (Å²) in [6, 6.07) is 4.71. The van der Waals surface area contributed by atoms with Gasteiger partial charge in [-0.2, -0.15) is 0 Å². The van der Waals surface area contributed by atoms with Crippen molar-refractivity contribution in [1.29, 1.82) is 0 Å². The highest BCUT2D eigenvalue weighted by atomic mass is 79.9. The molecule has 2 rings (SSSR count). The monoisotopic (exact) mass is 342 g/mol. The van der Waals surface area contributed by atoms with Crippen LogP contribution in [0.1, 0.15) is 52.0 Å². The molecular weight excluding hydrogens is 319 g/mol. The number of rotatable bonds is 2. The molecule has 1 aliphatic rings. The minimum absolute atomic E-state index is 0.0645. The average Bonchev–Trinajstić information content (AvgIpc) is 2.32. The largest absolute Gasteiger partial charge is 0.389 e. The first-order valence-corrected chi connectivity index (χ1v) is 8.18. The summed E-state index contributed by atoms with van der Waals surface area (Å²) in [5.41, 5.74) is 0.200. The molecule has 1 aliphatic carbocycles. The van der Waals surface area contributed by atoms with Crippen LogP contribution in [0.15, 0.2) is 22.7 Å². The van der Waals surface area contributed by atoms with Gasteiger partial charge in [-0.05, 0) is 47.9 Å². The quantitative estimate of drug-likeness (QED) is 0.792. The maximum absolute atomic E-state index is 13.5. The lowest BCUT2D eigenvalue weighted by Crippen LogP contribution is -2.48. The van der Waals surface area contributed by atoms with E-state index < -0.39 is 5.60 Å². The maximum Gasteiger partial charge on any atom is 0.123 e. The van der Waals surface area contributed by atoms with Gasteiger partial charge in [-0.1, -0.05) is 49.5 Å². The first-order chi connectivity index (χ1) is 9.22. The molecular formula is C17H24BrFO. The Morgan fingerprint density at radius 1 is 1.35 bits per heavy atom. The Labute approximate surface area is 129 Å². The molecule has 0 aromatic heterocycles. The first kappa shape index (κ1) is 16.0. The second-order valence-corrected chi connectivity index (χ2v) is 8.03. The van der Waals surface area contributed by atoms with E-state index in [1.807, 2.05) is 0 Å². The van der Waals surface area contributed by atoms with Crippen LogP contribution in [0.2, 0.25) is 0 Å². The van der Waals surface area contributed by atoms with Crippen molar-refractivity contribution in [2.75, 3.05) is 0 Å². The fourth-order valence-electron chi connectivity index (χ4n) is 3.68. The minimum Gasteiger partial charge on any atom is -0.389 e. The topological polar surface area (TPSA) is 20.2 Å². The minimum atomic E-state index is -0.729. The van der Waals surface area contributed by atoms with Gasteiger partial charge >= 0.3 is 0 Å². The molecule has 0 heterocycles. The lowest BCUT2D eigenvalue weighted by molar-refractivity contribution is -0.0890. The Morgan fingerprint density at radius 3 is 2.70 bits per heavy atom. The molecule has 0 radical (unpaired) electrons. The summed E-state index contributed by atoms with van der Waals surface area (Å²) in [5, 5.41) is 11.2. The van der Waals surface area contributed by atoms with Crippen LogP contribution in [0.3, 0.4) is 0 Å². The lowest BCUT2D eigenvalue weighted by atomic mass is 9.62. The van der Waals surface area contributed by atoms with Gasteiger partial charge in [0, 0.05) is 10.9 Å². The summed E-state index contributed by atoms with van der Waals surface area (Å²) < 4.78 is 14.3. The zero-order valence-electron chi connectivity index (χ0n) is 12.5. The zero-order chi connectivity index (χ0) is 15.0. The van der Waals surface area contributed by atoms with Gasteiger partial charge in [-0.15, -0.1) is 0 Å². The molecule has 1 nitrogen and oxygen atoms in total. The fraction of sp³-hybridized carbons (Fsp3) is 0.647. The zero-order valence-corrected chi connectivity index (χ0v) is 14.1. The smallest absolute Gasteiger partial charge is 0.123 e. The van der Waals surface area contributed by atoms with Gasteiger partial charge in [0.2, 0.25) is 0 Å². The molecule has 0 aliphatic heterocycles. The van der Waals surface area contributed by atoms with E-state index >= 15 is 0 Å². The van der Waals surface area contributed by atoms with E-state index in [2.05, 4.69) is 36.7 Å². The predicted octanol–water partition coefficient (Wildman–Crippen LogP) is 5.10. The summed E-state index contributed by atoms with van der Waals surface area (Å²) >= 11 is 3.47. The van der Waals surface area contributed by atoms with Gasteiger partial charge in [-0.25, -0.2) is 4.39 Å². The Kier molecular flexibility index (Phi) is 4.60. The van der Waals surface area contributed by atoms with E-state index in [1.165, 1.54) is 18.6 Å². The van der Waals surface area contributed by atoms with Gasteiger partial charge in [0.15, 0.2) is 0 Å². The van der Waals surface area contributed by atoms with Gasteiger partial charge < -0.3 is 5.11 Å². The van der Waals surface area contributed by atoms with Gasteiger partial charge in [0.25, 0.3) is 0 Å². The highest BCUT2D eigenvalue weighted by Crippen LogP contribution is 2.46. The molecule has 2 unspecified atom stereocenters. The van der Waals surface area contributed by atoms with Crippen LogP contribution in [0.5, 0.6) is 0 Å². The van der Waals surface area contributed by atoms with Crippen molar-refractivity contribution in [3.63, 3.8) is 0 Å². The van der Waals surface area contributed by atoms with Crippen LogP contribution >= 0.6 is 15.9 Å². The molecule has 0 bridgehead atoms. The van der Waals surface area contributed by atoms with Crippen molar-refractivity contribution >= 4 is 15.9 Å². The van der Waals surface area contributed by atoms with Gasteiger partial charge in [0.1, 0.15) is 5.82 Å². The summed E-state index contributed by atoms with van der Waals surface area (Å²) in [7, 11) is 0. The summed E-state index contributed by atoms with van der Waals surface area (Å²) in [4.78, 5) is 0. The standard InChI is InChI=1S/C17H24BrFO/c1-16(2,3)15-6-4-5-9-17(15,20)11-12-10-13(19)7-8-14(12)18/h7-8,10,15,20H,4-6,9,11H2,1-3H3. The third-order valence-electron chi connectivity index (χ3n) is 4.55. The van der Waals surface area contributed by atoms with E-state index in [0.29, 0.717) is 6.42 Å². The number of hydrogen-bond acceptors (Lipinski definition) is 1. The van der Waals surface area contributed by atoms with E-state index in [9.17, 15) is 9.50 Å². The Morgan fingerprint density at radius 2 is 2.05 bits per heavy atom. The Balaban J connectivity index is 2.30. The molecule has 1 aromatic carbocycles. The average molecular weight is 343 g/mol. The Bertz CT molecular complexity index is 480. The summed E-state index contributed by atoms with van der Waals surface area (Å²) in [5.74, 6) is 0.00818. The highest BCUT2D eigenvalue weighted by Gasteiger charge is 2.44. The normalized spacial score (nSPS) is 27.6. The molecule has 2 atom stereocenters. The second kappa shape index (κ2) is 5.76. The van der Waals surface area contributed by atoms with E-state index in [-0.39, 0.29) is 17.2 Å². The van der Waals surface area contributed by atoms with E-state index in [0.717, 1.165) is 29.3 Å². The molecule has 1 N–H and O–H groups in total. The van der Waals surface area contributed by atoms with Crippen LogP contribution in [-0.2, 0) is 6.42 Å². The molecule has 20 heavy (non-hydrogen) atoms. The second-order valence-electron chi connectivity index (χ2n) is 7.18. The van der Waals surface area contributed by atoms with Crippen molar-refractivity contribution in [3.8, 4) is 0 Å². The fourth-order valence-corrected chi connectivity index (χ4v) is 4.07. The van der Waals surface area contributed by atoms with Crippen molar-refractivity contribution in [1.82, 2.24) is 0 Å². The third-order valence-corrected chi connectivity index (χ3v) is 5.32. The molecule has 0 saturated heterocycles. The third kappa shape index (κ3) is 3.43. The van der Waals surface area contributed by atoms with Crippen molar-refractivity contribution in [2.24, 2.45) is 11.3 Å². The van der Waals surface area contributed by atoms with E-state index in [1.54, 1.807) is 6.07 Å². The van der Waals surface area contributed by atoms with Crippen LogP contribution in [0.4, 0.5) is 4.39 Å². The molecule has 112 valence electrons. The number of halogens is 2. The van der Waals surface area contributed by atoms with Crippen LogP contribution in [0.25, 0.3) is 0 Å². The molecule has 3 heteroatoms. The van der Waals surface area contributed by atoms with Crippen molar-refractivity contribution in [2.45, 2.75) is 58.5 Å². The summed E-state index contributed by atoms with van der Waals surface area (Å²) in [6.07, 6.45) is 4.60. The molecule has 1 aromatic rings. The first-order valence-electron chi connectivity index (χ1n) is 7.39. The maximum atomic E-state index is 13.5. The molecule has 1 fully saturated rings. The highest BCUT2D eigenvalue weighted by molar-refractivity contribution is 9.10. The predicted molar refractivity (Wildman–Crippen MR) is 84.2 cm³/mol. The Hall–Kier alpha value is -0.410. The van der Waals surface area contributed by atoms with Crippen molar-refractivity contribution in [3.05, 3.63) is 34.1 Å². The van der Waals surface area contributed by atoms with Crippen LogP contribution in [0, 0.1) is 17.2 Å². The molecule has 1 saturated carbocycles. The van der Waals surface area contributed by atoms with Crippen LogP contribution in [-0.4, -0.2) is 10.7 Å². The number of aliphatic hydroxyl groups is 1. The molecule has 0 spiro atoms. The van der Waals surface area contributed by atoms with Gasteiger partial charge in [0.05, 0.1) is 5.60 Å². The van der Waals surface area contributed by atoms with E-state index in [4.69, 9.17) is 0 Å². The number of hydrogen-bond donors (Lipinski definition) is 1. The SMILES string of the molecule is CC(C)(C)C1CCCCC1(O)Cc1cc(F)ccc1Br. The van der Waals surface area contributed by atoms with Crippen molar-refractivity contribution < 1.29 is 9.50 Å². The lowest BCUT2D eigenvalue weighted by Gasteiger charge is -2.47. The summed E-state index contributed by atoms with van der Waals surface area (Å²) in [6.45, 7) is 6.57.